The lowest BCUT2D eigenvalue weighted by molar-refractivity contribution is 0.0948. The zero-order valence-corrected chi connectivity index (χ0v) is 11.1. The lowest BCUT2D eigenvalue weighted by Crippen LogP contribution is -2.22. The number of carbonyl (C=O) groups excluding carboxylic acids is 1. The van der Waals surface area contributed by atoms with Gasteiger partial charge in [-0.1, -0.05) is 12.1 Å². The number of phenolic OH excluding ortho intramolecular Hbond substituents is 1. The van der Waals surface area contributed by atoms with E-state index in [1.54, 1.807) is 18.2 Å². The lowest BCUT2D eigenvalue weighted by Gasteiger charge is -2.08. The van der Waals surface area contributed by atoms with Crippen LogP contribution in [-0.4, -0.2) is 18.1 Å². The Hall–Kier alpha value is -2.69. The van der Waals surface area contributed by atoms with E-state index in [4.69, 9.17) is 10.5 Å². The largest absolute Gasteiger partial charge is 0.507 e. The number of phenols is 1. The highest BCUT2D eigenvalue weighted by atomic mass is 16.5. The van der Waals surface area contributed by atoms with Crippen LogP contribution in [0.25, 0.3) is 0 Å². The maximum absolute atomic E-state index is 12.0. The normalized spacial score (nSPS) is 10.1. The Balaban J connectivity index is 2.05. The van der Waals surface area contributed by atoms with Gasteiger partial charge in [-0.3, -0.25) is 4.79 Å². The second-order valence-electron chi connectivity index (χ2n) is 4.31. The van der Waals surface area contributed by atoms with Crippen molar-refractivity contribution in [2.45, 2.75) is 6.54 Å². The van der Waals surface area contributed by atoms with Gasteiger partial charge in [-0.2, -0.15) is 0 Å². The van der Waals surface area contributed by atoms with E-state index < -0.39 is 0 Å². The average Bonchev–Trinajstić information content (AvgIpc) is 2.44. The third kappa shape index (κ3) is 3.20. The monoisotopic (exact) mass is 272 g/mol. The quantitative estimate of drug-likeness (QED) is 0.742. The van der Waals surface area contributed by atoms with Crippen molar-refractivity contribution in [3.63, 3.8) is 0 Å². The number of nitrogens with one attached hydrogen (secondary N) is 1. The van der Waals surface area contributed by atoms with E-state index in [1.165, 1.54) is 19.2 Å². The number of anilines is 1. The molecule has 4 N–H and O–H groups in total. The second-order valence-corrected chi connectivity index (χ2v) is 4.31. The molecule has 0 aliphatic carbocycles. The zero-order chi connectivity index (χ0) is 14.5. The summed E-state index contributed by atoms with van der Waals surface area (Å²) in [7, 11) is 1.49. The van der Waals surface area contributed by atoms with Crippen molar-refractivity contribution in [2.75, 3.05) is 12.8 Å². The number of aromatic hydroxyl groups is 1. The molecule has 0 heterocycles. The molecule has 0 aliphatic rings. The van der Waals surface area contributed by atoms with Gasteiger partial charge in [0.25, 0.3) is 5.91 Å². The molecule has 0 saturated carbocycles. The highest BCUT2D eigenvalue weighted by Crippen LogP contribution is 2.23. The molecule has 0 unspecified atom stereocenters. The summed E-state index contributed by atoms with van der Waals surface area (Å²) in [5.74, 6) is 0.0249. The molecule has 1 amide bonds. The highest BCUT2D eigenvalue weighted by Gasteiger charge is 2.11. The first kappa shape index (κ1) is 13.7. The minimum atomic E-state index is -0.354. The van der Waals surface area contributed by atoms with Crippen molar-refractivity contribution in [1.82, 2.24) is 5.32 Å². The summed E-state index contributed by atoms with van der Waals surface area (Å²) in [4.78, 5) is 12.0. The van der Waals surface area contributed by atoms with Crippen LogP contribution in [0, 0.1) is 0 Å². The van der Waals surface area contributed by atoms with Gasteiger partial charge >= 0.3 is 0 Å². The van der Waals surface area contributed by atoms with Crippen molar-refractivity contribution in [2.24, 2.45) is 0 Å². The van der Waals surface area contributed by atoms with Crippen LogP contribution in [0.1, 0.15) is 15.9 Å². The molecule has 2 aromatic rings. The minimum Gasteiger partial charge on any atom is -0.507 e. The number of methoxy groups -OCH3 is 1. The summed E-state index contributed by atoms with van der Waals surface area (Å²) in [5, 5.41) is 12.5. The van der Waals surface area contributed by atoms with Crippen LogP contribution in [0.15, 0.2) is 42.5 Å². The summed E-state index contributed by atoms with van der Waals surface area (Å²) in [6.07, 6.45) is 0. The molecular weight excluding hydrogens is 256 g/mol. The molecule has 0 saturated heterocycles. The van der Waals surface area contributed by atoms with Crippen molar-refractivity contribution < 1.29 is 14.6 Å². The number of carbonyl (C=O) groups is 1. The summed E-state index contributed by atoms with van der Waals surface area (Å²) >= 11 is 0. The molecule has 104 valence electrons. The summed E-state index contributed by atoms with van der Waals surface area (Å²) in [6, 6.07) is 11.8. The summed E-state index contributed by atoms with van der Waals surface area (Å²) in [5.41, 5.74) is 7.41. The predicted octanol–water partition coefficient (Wildman–Crippen LogP) is 1.91. The van der Waals surface area contributed by atoms with Gasteiger partial charge in [0.2, 0.25) is 0 Å². The van der Waals surface area contributed by atoms with Gasteiger partial charge in [0.05, 0.1) is 12.7 Å². The zero-order valence-electron chi connectivity index (χ0n) is 11.1. The number of nitrogen functional groups attached to an aromatic ring is 1. The van der Waals surface area contributed by atoms with Gasteiger partial charge in [0.15, 0.2) is 0 Å². The smallest absolute Gasteiger partial charge is 0.255 e. The molecule has 0 radical (unpaired) electrons. The molecule has 2 aromatic carbocycles. The molecule has 0 aromatic heterocycles. The van der Waals surface area contributed by atoms with Gasteiger partial charge in [-0.15, -0.1) is 0 Å². The van der Waals surface area contributed by atoms with Crippen LogP contribution in [0.4, 0.5) is 5.69 Å². The molecule has 0 fully saturated rings. The molecule has 0 spiro atoms. The number of ether oxygens (including phenoxy) is 1. The Morgan fingerprint density at radius 3 is 2.75 bits per heavy atom. The minimum absolute atomic E-state index is 0.116. The van der Waals surface area contributed by atoms with E-state index in [0.717, 1.165) is 5.56 Å². The first-order chi connectivity index (χ1) is 9.60. The Morgan fingerprint density at radius 2 is 2.10 bits per heavy atom. The maximum Gasteiger partial charge on any atom is 0.255 e. The number of hydrogen-bond donors (Lipinski definition) is 3. The fourth-order valence-corrected chi connectivity index (χ4v) is 1.81. The van der Waals surface area contributed by atoms with Gasteiger partial charge in [0.1, 0.15) is 11.5 Å². The molecule has 0 bridgehead atoms. The molecule has 5 nitrogen and oxygen atoms in total. The van der Waals surface area contributed by atoms with Crippen LogP contribution in [0.3, 0.4) is 0 Å². The van der Waals surface area contributed by atoms with E-state index in [9.17, 15) is 9.90 Å². The van der Waals surface area contributed by atoms with Gasteiger partial charge in [-0.25, -0.2) is 0 Å². The van der Waals surface area contributed by atoms with E-state index in [2.05, 4.69) is 5.32 Å². The third-order valence-corrected chi connectivity index (χ3v) is 2.85. The van der Waals surface area contributed by atoms with Gasteiger partial charge in [0, 0.05) is 18.3 Å². The standard InChI is InChI=1S/C15H16N2O3/c1-20-12-5-6-13(14(18)8-12)15(19)17-9-10-3-2-4-11(16)7-10/h2-8,18H,9,16H2,1H3,(H,17,19). The van der Waals surface area contributed by atoms with Crippen molar-refractivity contribution in [1.29, 1.82) is 0 Å². The Bertz CT molecular complexity index is 626. The Kier molecular flexibility index (Phi) is 4.10. The number of rotatable bonds is 4. The average molecular weight is 272 g/mol. The molecular formula is C15H16N2O3. The molecule has 2 rings (SSSR count). The molecule has 20 heavy (non-hydrogen) atoms. The maximum atomic E-state index is 12.0. The molecule has 5 heteroatoms. The first-order valence-electron chi connectivity index (χ1n) is 6.10. The van der Waals surface area contributed by atoms with E-state index in [1.807, 2.05) is 12.1 Å². The fourth-order valence-electron chi connectivity index (χ4n) is 1.81. The number of nitrogens with two attached hydrogens (primary N) is 1. The number of hydrogen-bond acceptors (Lipinski definition) is 4. The van der Waals surface area contributed by atoms with Crippen LogP contribution < -0.4 is 15.8 Å². The summed E-state index contributed by atoms with van der Waals surface area (Å²) < 4.78 is 4.97. The molecule has 0 atom stereocenters. The van der Waals surface area contributed by atoms with E-state index in [-0.39, 0.29) is 17.2 Å². The Labute approximate surface area is 117 Å². The van der Waals surface area contributed by atoms with Crippen molar-refractivity contribution in [3.8, 4) is 11.5 Å². The SMILES string of the molecule is COc1ccc(C(=O)NCc2cccc(N)c2)c(O)c1. The van der Waals surface area contributed by atoms with Crippen LogP contribution in [-0.2, 0) is 6.54 Å². The van der Waals surface area contributed by atoms with Gasteiger partial charge in [-0.05, 0) is 29.8 Å². The Morgan fingerprint density at radius 1 is 1.30 bits per heavy atom. The number of amides is 1. The molecule has 0 aliphatic heterocycles. The van der Waals surface area contributed by atoms with Crippen LogP contribution in [0.2, 0.25) is 0 Å². The van der Waals surface area contributed by atoms with Crippen molar-refractivity contribution in [3.05, 3.63) is 53.6 Å². The summed E-state index contributed by atoms with van der Waals surface area (Å²) in [6.45, 7) is 0.343. The third-order valence-electron chi connectivity index (χ3n) is 2.85. The second kappa shape index (κ2) is 5.97. The highest BCUT2D eigenvalue weighted by molar-refractivity contribution is 5.96. The number of benzene rings is 2. The van der Waals surface area contributed by atoms with E-state index in [0.29, 0.717) is 18.0 Å². The van der Waals surface area contributed by atoms with Gasteiger partial charge < -0.3 is 20.9 Å². The first-order valence-corrected chi connectivity index (χ1v) is 6.10. The lowest BCUT2D eigenvalue weighted by atomic mass is 10.1. The topological polar surface area (TPSA) is 84.6 Å². The van der Waals surface area contributed by atoms with Crippen LogP contribution >= 0.6 is 0 Å². The fraction of sp³-hybridized carbons (Fsp3) is 0.133. The van der Waals surface area contributed by atoms with Crippen LogP contribution in [0.5, 0.6) is 11.5 Å². The van der Waals surface area contributed by atoms with E-state index >= 15 is 0 Å². The van der Waals surface area contributed by atoms with Crippen molar-refractivity contribution >= 4 is 11.6 Å². The predicted molar refractivity (Wildman–Crippen MR) is 76.7 cm³/mol.